The second-order valence-corrected chi connectivity index (χ2v) is 14.0. The van der Waals surface area contributed by atoms with Crippen LogP contribution in [0.25, 0.3) is 0 Å². The smallest absolute Gasteiger partial charge is 0.184 e. The fraction of sp³-hybridized carbons (Fsp3) is 0.458. The van der Waals surface area contributed by atoms with Crippen molar-refractivity contribution < 1.29 is 13.6 Å². The van der Waals surface area contributed by atoms with Crippen LogP contribution in [0.2, 0.25) is 24.7 Å². The maximum Gasteiger partial charge on any atom is 0.184 e. The highest BCUT2D eigenvalue weighted by Gasteiger charge is 2.40. The molecule has 3 rings (SSSR count). The molecule has 0 spiro atoms. The summed E-state index contributed by atoms with van der Waals surface area (Å²) < 4.78 is 19.8. The lowest BCUT2D eigenvalue weighted by Gasteiger charge is -2.45. The van der Waals surface area contributed by atoms with Crippen molar-refractivity contribution in [2.24, 2.45) is 0 Å². The van der Waals surface area contributed by atoms with E-state index in [9.17, 15) is 9.18 Å². The topological polar surface area (TPSA) is 29.5 Å². The van der Waals surface area contributed by atoms with Gasteiger partial charge in [0.05, 0.1) is 5.60 Å². The maximum absolute atomic E-state index is 13.0. The van der Waals surface area contributed by atoms with Crippen LogP contribution in [0.3, 0.4) is 0 Å². The molecule has 6 heteroatoms. The molecule has 162 valence electrons. The van der Waals surface area contributed by atoms with Crippen LogP contribution in [0, 0.1) is 5.82 Å². The highest BCUT2D eigenvalue weighted by atomic mass is 35.5. The molecular weight excluding hydrogens is 417 g/mol. The molecule has 1 heterocycles. The van der Waals surface area contributed by atoms with Crippen LogP contribution < -0.4 is 0 Å². The first-order chi connectivity index (χ1) is 14.2. The average Bonchev–Trinajstić information content (AvgIpc) is 2.69. The molecule has 1 aliphatic heterocycles. The molecule has 0 aromatic heterocycles. The lowest BCUT2D eigenvalue weighted by Crippen LogP contribution is -2.49. The lowest BCUT2D eigenvalue weighted by atomic mass is 9.84. The van der Waals surface area contributed by atoms with Gasteiger partial charge < -0.3 is 9.33 Å². The first-order valence-corrected chi connectivity index (χ1v) is 14.4. The quantitative estimate of drug-likeness (QED) is 0.352. The standard InChI is InChI=1S/C24H31ClFNO2Si/c1-30(2,3)29-24(20-8-10-21(25)11-9-20)14-17-27(18-15-24)16-4-5-23(28)19-6-12-22(26)13-7-19/h6-13H,4-5,14-18H2,1-3H3. The number of benzene rings is 2. The zero-order valence-electron chi connectivity index (χ0n) is 18.1. The summed E-state index contributed by atoms with van der Waals surface area (Å²) in [6.45, 7) is 9.47. The number of carbonyl (C=O) groups excluding carboxylic acids is 1. The van der Waals surface area contributed by atoms with E-state index in [0.29, 0.717) is 12.0 Å². The third-order valence-corrected chi connectivity index (χ3v) is 6.84. The van der Waals surface area contributed by atoms with E-state index in [-0.39, 0.29) is 17.2 Å². The van der Waals surface area contributed by atoms with Gasteiger partial charge in [0.2, 0.25) is 0 Å². The Morgan fingerprint density at radius 2 is 1.67 bits per heavy atom. The second-order valence-electron chi connectivity index (χ2n) is 9.09. The van der Waals surface area contributed by atoms with E-state index in [2.05, 4.69) is 36.7 Å². The summed E-state index contributed by atoms with van der Waals surface area (Å²) in [6, 6.07) is 13.9. The fourth-order valence-electron chi connectivity index (χ4n) is 4.17. The van der Waals surface area contributed by atoms with Gasteiger partial charge in [-0.1, -0.05) is 23.7 Å². The van der Waals surface area contributed by atoms with E-state index in [1.807, 2.05) is 12.1 Å². The summed E-state index contributed by atoms with van der Waals surface area (Å²) in [7, 11) is -1.74. The van der Waals surface area contributed by atoms with Crippen LogP contribution in [0.1, 0.15) is 41.6 Å². The van der Waals surface area contributed by atoms with Gasteiger partial charge in [-0.15, -0.1) is 0 Å². The predicted octanol–water partition coefficient (Wildman–Crippen LogP) is 6.28. The molecule has 0 bridgehead atoms. The monoisotopic (exact) mass is 447 g/mol. The molecular formula is C24H31ClFNO2Si. The Hall–Kier alpha value is -1.53. The number of hydrogen-bond acceptors (Lipinski definition) is 3. The van der Waals surface area contributed by atoms with Gasteiger partial charge in [-0.2, -0.15) is 0 Å². The molecule has 0 saturated carbocycles. The Morgan fingerprint density at radius 1 is 1.07 bits per heavy atom. The minimum absolute atomic E-state index is 0.0737. The van der Waals surface area contributed by atoms with Gasteiger partial charge in [0.15, 0.2) is 14.1 Å². The Bertz CT molecular complexity index is 841. The number of likely N-dealkylation sites (tertiary alicyclic amines) is 1. The number of carbonyl (C=O) groups is 1. The van der Waals surface area contributed by atoms with Crippen LogP contribution in [-0.2, 0) is 10.0 Å². The lowest BCUT2D eigenvalue weighted by molar-refractivity contribution is -0.00970. The molecule has 0 atom stereocenters. The Balaban J connectivity index is 1.56. The van der Waals surface area contributed by atoms with E-state index in [1.54, 1.807) is 12.1 Å². The summed E-state index contributed by atoms with van der Waals surface area (Å²) in [6.07, 6.45) is 3.16. The summed E-state index contributed by atoms with van der Waals surface area (Å²) in [4.78, 5) is 14.7. The number of halogens is 2. The molecule has 1 aliphatic rings. The van der Waals surface area contributed by atoms with E-state index < -0.39 is 8.32 Å². The number of piperidine rings is 1. The minimum Gasteiger partial charge on any atom is -0.408 e. The van der Waals surface area contributed by atoms with Crippen molar-refractivity contribution in [3.05, 3.63) is 70.5 Å². The Morgan fingerprint density at radius 3 is 2.23 bits per heavy atom. The van der Waals surface area contributed by atoms with E-state index >= 15 is 0 Å². The zero-order valence-corrected chi connectivity index (χ0v) is 19.8. The van der Waals surface area contributed by atoms with Gasteiger partial charge >= 0.3 is 0 Å². The van der Waals surface area contributed by atoms with Gasteiger partial charge in [0.1, 0.15) is 5.82 Å². The molecule has 0 amide bonds. The van der Waals surface area contributed by atoms with Crippen molar-refractivity contribution in [2.45, 2.75) is 50.9 Å². The summed E-state index contributed by atoms with van der Waals surface area (Å²) >= 11 is 6.10. The molecule has 2 aromatic rings. The number of Topliss-reactive ketones (excluding diaryl/α,β-unsaturated/α-hetero) is 1. The zero-order chi connectivity index (χ0) is 21.8. The molecule has 0 aliphatic carbocycles. The van der Waals surface area contributed by atoms with Gasteiger partial charge in [-0.25, -0.2) is 4.39 Å². The number of hydrogen-bond donors (Lipinski definition) is 0. The van der Waals surface area contributed by atoms with Crippen LogP contribution >= 0.6 is 11.6 Å². The van der Waals surface area contributed by atoms with Crippen molar-refractivity contribution in [1.82, 2.24) is 4.90 Å². The van der Waals surface area contributed by atoms with E-state index in [0.717, 1.165) is 43.9 Å². The maximum atomic E-state index is 13.0. The molecule has 3 nitrogen and oxygen atoms in total. The van der Waals surface area contributed by atoms with Crippen molar-refractivity contribution in [3.63, 3.8) is 0 Å². The van der Waals surface area contributed by atoms with Crippen molar-refractivity contribution in [1.29, 1.82) is 0 Å². The fourth-order valence-corrected chi connectivity index (χ4v) is 5.79. The summed E-state index contributed by atoms with van der Waals surface area (Å²) in [5.74, 6) is -0.242. The highest BCUT2D eigenvalue weighted by molar-refractivity contribution is 6.69. The predicted molar refractivity (Wildman–Crippen MR) is 123 cm³/mol. The molecule has 1 saturated heterocycles. The second kappa shape index (κ2) is 9.73. The molecule has 2 aromatic carbocycles. The minimum atomic E-state index is -1.74. The van der Waals surface area contributed by atoms with Gasteiger partial charge in [0, 0.05) is 30.1 Å². The number of nitrogens with zero attached hydrogens (tertiary/aromatic N) is 1. The van der Waals surface area contributed by atoms with Gasteiger partial charge in [-0.3, -0.25) is 4.79 Å². The normalized spacial score (nSPS) is 17.1. The van der Waals surface area contributed by atoms with Gasteiger partial charge in [-0.05, 0) is 87.4 Å². The van der Waals surface area contributed by atoms with Crippen molar-refractivity contribution in [2.75, 3.05) is 19.6 Å². The molecule has 1 fully saturated rings. The van der Waals surface area contributed by atoms with Crippen LogP contribution in [0.5, 0.6) is 0 Å². The first-order valence-electron chi connectivity index (χ1n) is 10.6. The molecule has 30 heavy (non-hydrogen) atoms. The van der Waals surface area contributed by atoms with E-state index in [1.165, 1.54) is 17.7 Å². The average molecular weight is 448 g/mol. The first kappa shape index (κ1) is 23.1. The highest BCUT2D eigenvalue weighted by Crippen LogP contribution is 2.39. The number of ketones is 1. The Kier molecular flexibility index (Phi) is 7.50. The van der Waals surface area contributed by atoms with Crippen LogP contribution in [0.4, 0.5) is 4.39 Å². The third-order valence-electron chi connectivity index (χ3n) is 5.58. The van der Waals surface area contributed by atoms with Crippen molar-refractivity contribution >= 4 is 25.7 Å². The van der Waals surface area contributed by atoms with Crippen molar-refractivity contribution in [3.8, 4) is 0 Å². The third kappa shape index (κ3) is 6.24. The summed E-state index contributed by atoms with van der Waals surface area (Å²) in [5, 5.41) is 0.741. The SMILES string of the molecule is C[Si](C)(C)OC1(c2ccc(Cl)cc2)CCN(CCCC(=O)c2ccc(F)cc2)CC1. The molecule has 0 N–H and O–H groups in total. The molecule has 0 unspecified atom stereocenters. The van der Waals surface area contributed by atoms with Crippen LogP contribution in [0.15, 0.2) is 48.5 Å². The largest absolute Gasteiger partial charge is 0.408 e. The summed E-state index contributed by atoms with van der Waals surface area (Å²) in [5.41, 5.74) is 1.54. The van der Waals surface area contributed by atoms with Crippen LogP contribution in [-0.4, -0.2) is 38.6 Å². The molecule has 0 radical (unpaired) electrons. The van der Waals surface area contributed by atoms with Gasteiger partial charge in [0.25, 0.3) is 0 Å². The van der Waals surface area contributed by atoms with E-state index in [4.69, 9.17) is 16.0 Å². The Labute approximate surface area is 185 Å². The number of rotatable bonds is 8.